The van der Waals surface area contributed by atoms with Crippen LogP contribution >= 0.6 is 7.60 Å². The van der Waals surface area contributed by atoms with Gasteiger partial charge >= 0.3 is 7.60 Å². The van der Waals surface area contributed by atoms with E-state index in [0.29, 0.717) is 6.42 Å². The lowest BCUT2D eigenvalue weighted by Crippen LogP contribution is -2.26. The fraction of sp³-hybridized carbons (Fsp3) is 0.684. The molecule has 6 heteroatoms. The van der Waals surface area contributed by atoms with Gasteiger partial charge in [0.25, 0.3) is 0 Å². The first kappa shape index (κ1) is 22.3. The molecule has 0 amide bonds. The minimum absolute atomic E-state index is 0.0829. The summed E-state index contributed by atoms with van der Waals surface area (Å²) >= 11 is 0. The Kier molecular flexibility index (Phi) is 10.6. The van der Waals surface area contributed by atoms with E-state index in [4.69, 9.17) is 15.5 Å². The molecule has 1 rings (SSSR count). The molecule has 1 aromatic rings. The van der Waals surface area contributed by atoms with Crippen molar-refractivity contribution in [3.05, 3.63) is 35.4 Å². The fourth-order valence-electron chi connectivity index (χ4n) is 2.86. The number of unbranched alkanes of at least 4 members (excludes halogenated alkanes) is 5. The highest BCUT2D eigenvalue weighted by Crippen LogP contribution is 2.41. The quantitative estimate of drug-likeness (QED) is 0.312. The van der Waals surface area contributed by atoms with Crippen molar-refractivity contribution in [3.63, 3.8) is 0 Å². The zero-order chi connectivity index (χ0) is 18.7. The van der Waals surface area contributed by atoms with Crippen molar-refractivity contribution in [2.24, 2.45) is 5.73 Å². The summed E-state index contributed by atoms with van der Waals surface area (Å²) in [5, 5.41) is 9.40. The maximum absolute atomic E-state index is 10.9. The molecule has 1 aromatic carbocycles. The van der Waals surface area contributed by atoms with E-state index in [2.05, 4.69) is 31.2 Å². The number of hydrogen-bond acceptors (Lipinski definition) is 3. The lowest BCUT2D eigenvalue weighted by atomic mass is 10.0. The van der Waals surface area contributed by atoms with Gasteiger partial charge in [0.15, 0.2) is 5.85 Å². The first-order valence-corrected chi connectivity index (χ1v) is 11.1. The molecule has 5 N–H and O–H groups in total. The van der Waals surface area contributed by atoms with Crippen molar-refractivity contribution < 1.29 is 19.5 Å². The second kappa shape index (κ2) is 11.8. The van der Waals surface area contributed by atoms with Crippen LogP contribution in [0, 0.1) is 0 Å². The maximum Gasteiger partial charge on any atom is 0.353 e. The molecule has 0 saturated heterocycles. The third-order valence-corrected chi connectivity index (χ3v) is 5.53. The average molecular weight is 371 g/mol. The van der Waals surface area contributed by atoms with Crippen molar-refractivity contribution in [1.29, 1.82) is 0 Å². The summed E-state index contributed by atoms with van der Waals surface area (Å²) in [4.78, 5) is 17.8. The highest BCUT2D eigenvalue weighted by molar-refractivity contribution is 7.52. The third-order valence-electron chi connectivity index (χ3n) is 4.55. The molecule has 0 fully saturated rings. The van der Waals surface area contributed by atoms with Crippen molar-refractivity contribution in [2.75, 3.05) is 0 Å². The highest BCUT2D eigenvalue weighted by atomic mass is 31.2. The first-order chi connectivity index (χ1) is 11.8. The second-order valence-corrected chi connectivity index (χ2v) is 8.71. The van der Waals surface area contributed by atoms with E-state index in [1.54, 1.807) is 0 Å². The second-order valence-electron chi connectivity index (χ2n) is 6.94. The van der Waals surface area contributed by atoms with Gasteiger partial charge in [-0.25, -0.2) is 0 Å². The van der Waals surface area contributed by atoms with Gasteiger partial charge < -0.3 is 20.6 Å². The molecule has 0 heterocycles. The Bertz CT molecular complexity index is 515. The predicted molar refractivity (Wildman–Crippen MR) is 102 cm³/mol. The van der Waals surface area contributed by atoms with E-state index < -0.39 is 19.5 Å². The Balaban J connectivity index is 2.26. The smallest absolute Gasteiger partial charge is 0.353 e. The van der Waals surface area contributed by atoms with Gasteiger partial charge in [0, 0.05) is 12.5 Å². The van der Waals surface area contributed by atoms with Gasteiger partial charge in [0.2, 0.25) is 0 Å². The van der Waals surface area contributed by atoms with Gasteiger partial charge in [-0.1, -0.05) is 63.3 Å². The van der Waals surface area contributed by atoms with E-state index >= 15 is 0 Å². The van der Waals surface area contributed by atoms with Crippen molar-refractivity contribution in [1.82, 2.24) is 0 Å². The molecule has 0 aliphatic heterocycles. The molecule has 5 nitrogen and oxygen atoms in total. The molecule has 0 bridgehead atoms. The normalized spacial score (nSPS) is 14.4. The van der Waals surface area contributed by atoms with Gasteiger partial charge in [-0.3, -0.25) is 4.57 Å². The molecular weight excluding hydrogens is 337 g/mol. The molecule has 0 radical (unpaired) electrons. The predicted octanol–water partition coefficient (Wildman–Crippen LogP) is 3.74. The van der Waals surface area contributed by atoms with Crippen LogP contribution in [0.2, 0.25) is 0 Å². The number of rotatable bonds is 13. The SMILES string of the molecule is CCCCCCCCc1ccc(CC[C@H](N)C[C@@H](O)P(=O)(O)O)cc1. The Morgan fingerprint density at radius 3 is 2.04 bits per heavy atom. The van der Waals surface area contributed by atoms with Crippen LogP contribution in [0.1, 0.15) is 69.4 Å². The number of aliphatic hydroxyl groups excluding tert-OH is 1. The lowest BCUT2D eigenvalue weighted by Gasteiger charge is -2.17. The van der Waals surface area contributed by atoms with Crippen LogP contribution in [-0.4, -0.2) is 26.8 Å². The van der Waals surface area contributed by atoms with Crippen LogP contribution in [0.4, 0.5) is 0 Å². The van der Waals surface area contributed by atoms with E-state index in [1.807, 2.05) is 0 Å². The average Bonchev–Trinajstić information content (AvgIpc) is 2.56. The monoisotopic (exact) mass is 371 g/mol. The number of aliphatic hydroxyl groups is 1. The molecule has 0 aliphatic carbocycles. The van der Waals surface area contributed by atoms with Crippen molar-refractivity contribution >= 4 is 7.60 Å². The number of nitrogens with two attached hydrogens (primary N) is 1. The maximum atomic E-state index is 10.9. The summed E-state index contributed by atoms with van der Waals surface area (Å²) in [5.74, 6) is -1.66. The standard InChI is InChI=1S/C19H34NO4P/c1-2-3-4-5-6-7-8-16-9-11-17(12-10-16)13-14-18(20)15-19(21)25(22,23)24/h9-12,18-19,21H,2-8,13-15,20H2,1H3,(H2,22,23,24)/t18-,19-/m0/s1. The van der Waals surface area contributed by atoms with Gasteiger partial charge in [-0.2, -0.15) is 0 Å². The molecule has 0 saturated carbocycles. The Hall–Kier alpha value is -0.710. The number of hydrogen-bond donors (Lipinski definition) is 4. The molecule has 0 aromatic heterocycles. The van der Waals surface area contributed by atoms with Gasteiger partial charge in [-0.05, 0) is 36.8 Å². The van der Waals surface area contributed by atoms with Crippen LogP contribution in [-0.2, 0) is 17.4 Å². The molecule has 2 atom stereocenters. The zero-order valence-electron chi connectivity index (χ0n) is 15.3. The minimum atomic E-state index is -4.46. The summed E-state index contributed by atoms with van der Waals surface area (Å²) in [7, 11) is -4.46. The summed E-state index contributed by atoms with van der Waals surface area (Å²) in [6.07, 6.45) is 10.2. The molecule has 144 valence electrons. The van der Waals surface area contributed by atoms with Crippen LogP contribution < -0.4 is 5.73 Å². The number of aryl methyl sites for hydroxylation is 2. The topological polar surface area (TPSA) is 104 Å². The van der Waals surface area contributed by atoms with Gasteiger partial charge in [0.05, 0.1) is 0 Å². The molecule has 0 unspecified atom stereocenters. The summed E-state index contributed by atoms with van der Waals surface area (Å²) in [5.41, 5.74) is 8.37. The van der Waals surface area contributed by atoms with Crippen LogP contribution in [0.25, 0.3) is 0 Å². The zero-order valence-corrected chi connectivity index (χ0v) is 16.2. The van der Waals surface area contributed by atoms with Crippen molar-refractivity contribution in [2.45, 2.75) is 83.0 Å². The fourth-order valence-corrected chi connectivity index (χ4v) is 3.41. The summed E-state index contributed by atoms with van der Waals surface area (Å²) < 4.78 is 10.9. The summed E-state index contributed by atoms with van der Waals surface area (Å²) in [6, 6.07) is 8.07. The lowest BCUT2D eigenvalue weighted by molar-refractivity contribution is 0.184. The largest absolute Gasteiger partial charge is 0.380 e. The first-order valence-electron chi connectivity index (χ1n) is 9.39. The van der Waals surface area contributed by atoms with E-state index in [1.165, 1.54) is 44.1 Å². The van der Waals surface area contributed by atoms with Crippen LogP contribution in [0.3, 0.4) is 0 Å². The van der Waals surface area contributed by atoms with E-state index in [9.17, 15) is 9.67 Å². The van der Waals surface area contributed by atoms with Crippen LogP contribution in [0.5, 0.6) is 0 Å². The minimum Gasteiger partial charge on any atom is -0.380 e. The number of benzene rings is 1. The van der Waals surface area contributed by atoms with Gasteiger partial charge in [-0.15, -0.1) is 0 Å². The molecule has 25 heavy (non-hydrogen) atoms. The Morgan fingerprint density at radius 1 is 0.960 bits per heavy atom. The highest BCUT2D eigenvalue weighted by Gasteiger charge is 2.27. The van der Waals surface area contributed by atoms with E-state index in [-0.39, 0.29) is 6.42 Å². The summed E-state index contributed by atoms with van der Waals surface area (Å²) in [6.45, 7) is 2.23. The Labute approximate surface area is 151 Å². The third kappa shape index (κ3) is 10.1. The molecule has 0 spiro atoms. The van der Waals surface area contributed by atoms with E-state index in [0.717, 1.165) is 18.4 Å². The Morgan fingerprint density at radius 2 is 1.48 bits per heavy atom. The molecule has 0 aliphatic rings. The van der Waals surface area contributed by atoms with Gasteiger partial charge in [0.1, 0.15) is 0 Å². The molecular formula is C19H34NO4P. The van der Waals surface area contributed by atoms with Crippen molar-refractivity contribution in [3.8, 4) is 0 Å². The van der Waals surface area contributed by atoms with Crippen LogP contribution in [0.15, 0.2) is 24.3 Å².